The predicted octanol–water partition coefficient (Wildman–Crippen LogP) is 3.32. The second kappa shape index (κ2) is 5.75. The normalized spacial score (nSPS) is 18.2. The van der Waals surface area contributed by atoms with Crippen molar-refractivity contribution in [3.05, 3.63) is 23.8 Å². The van der Waals surface area contributed by atoms with Gasteiger partial charge in [0.05, 0.1) is 14.2 Å². The van der Waals surface area contributed by atoms with Gasteiger partial charge in [-0.05, 0) is 43.9 Å². The molecule has 21 heavy (non-hydrogen) atoms. The van der Waals surface area contributed by atoms with Crippen LogP contribution in [-0.2, 0) is 6.42 Å². The fraction of sp³-hybridized carbons (Fsp3) is 0.600. The molecule has 118 valence electrons. The molecule has 1 saturated carbocycles. The van der Waals surface area contributed by atoms with Gasteiger partial charge in [-0.1, -0.05) is 6.07 Å². The average molecular weight is 303 g/mol. The quantitative estimate of drug-likeness (QED) is 0.874. The molecule has 2 rings (SSSR count). The standard InChI is InChI=1S/C15H20F3NO2/c1-10(19-14(6-7-14)15(16,17)18)8-11-4-5-12(20-2)13(9-11)21-3/h4-5,9-10,19H,6-8H2,1-3H3. The van der Waals surface area contributed by atoms with Crippen LogP contribution >= 0.6 is 0 Å². The lowest BCUT2D eigenvalue weighted by Crippen LogP contribution is -2.49. The Morgan fingerprint density at radius 1 is 1.19 bits per heavy atom. The molecule has 0 aromatic heterocycles. The van der Waals surface area contributed by atoms with Gasteiger partial charge in [0.2, 0.25) is 0 Å². The van der Waals surface area contributed by atoms with Crippen molar-refractivity contribution in [3.8, 4) is 11.5 Å². The van der Waals surface area contributed by atoms with Crippen LogP contribution in [-0.4, -0.2) is 32.0 Å². The zero-order valence-electron chi connectivity index (χ0n) is 12.4. The summed E-state index contributed by atoms with van der Waals surface area (Å²) in [5.74, 6) is 1.19. The summed E-state index contributed by atoms with van der Waals surface area (Å²) in [7, 11) is 3.08. The first-order valence-corrected chi connectivity index (χ1v) is 6.86. The SMILES string of the molecule is COc1ccc(CC(C)NC2(C(F)(F)F)CC2)cc1OC. The van der Waals surface area contributed by atoms with Crippen molar-refractivity contribution in [2.45, 2.75) is 43.9 Å². The highest BCUT2D eigenvalue weighted by Gasteiger charge is 2.63. The first kappa shape index (κ1) is 15.9. The summed E-state index contributed by atoms with van der Waals surface area (Å²) in [6.07, 6.45) is -3.36. The van der Waals surface area contributed by atoms with E-state index in [1.165, 1.54) is 7.11 Å². The molecule has 1 aliphatic carbocycles. The number of methoxy groups -OCH3 is 2. The lowest BCUT2D eigenvalue weighted by Gasteiger charge is -2.25. The average Bonchev–Trinajstić information content (AvgIpc) is 3.18. The molecule has 0 saturated heterocycles. The number of hydrogen-bond donors (Lipinski definition) is 1. The molecule has 1 unspecified atom stereocenters. The van der Waals surface area contributed by atoms with Crippen LogP contribution in [0.15, 0.2) is 18.2 Å². The van der Waals surface area contributed by atoms with Gasteiger partial charge in [-0.25, -0.2) is 0 Å². The number of halogens is 3. The van der Waals surface area contributed by atoms with E-state index in [-0.39, 0.29) is 18.9 Å². The lowest BCUT2D eigenvalue weighted by molar-refractivity contribution is -0.167. The zero-order valence-corrected chi connectivity index (χ0v) is 12.4. The van der Waals surface area contributed by atoms with E-state index in [1.54, 1.807) is 26.2 Å². The molecule has 3 nitrogen and oxygen atoms in total. The van der Waals surface area contributed by atoms with Crippen LogP contribution in [0.1, 0.15) is 25.3 Å². The van der Waals surface area contributed by atoms with Crippen LogP contribution in [0.3, 0.4) is 0 Å². The van der Waals surface area contributed by atoms with Crippen LogP contribution in [0.2, 0.25) is 0 Å². The Morgan fingerprint density at radius 2 is 1.81 bits per heavy atom. The van der Waals surface area contributed by atoms with Crippen molar-refractivity contribution in [1.82, 2.24) is 5.32 Å². The van der Waals surface area contributed by atoms with Gasteiger partial charge in [0, 0.05) is 6.04 Å². The van der Waals surface area contributed by atoms with E-state index < -0.39 is 11.7 Å². The Morgan fingerprint density at radius 3 is 2.29 bits per heavy atom. The van der Waals surface area contributed by atoms with Crippen molar-refractivity contribution in [2.24, 2.45) is 0 Å². The van der Waals surface area contributed by atoms with Crippen molar-refractivity contribution < 1.29 is 22.6 Å². The third-order valence-corrected chi connectivity index (χ3v) is 3.81. The number of rotatable bonds is 6. The third kappa shape index (κ3) is 3.43. The van der Waals surface area contributed by atoms with Gasteiger partial charge < -0.3 is 14.8 Å². The largest absolute Gasteiger partial charge is 0.493 e. The van der Waals surface area contributed by atoms with Crippen LogP contribution in [0, 0.1) is 0 Å². The van der Waals surface area contributed by atoms with Crippen molar-refractivity contribution in [1.29, 1.82) is 0 Å². The summed E-state index contributed by atoms with van der Waals surface area (Å²) >= 11 is 0. The summed E-state index contributed by atoms with van der Waals surface area (Å²) in [5.41, 5.74) is -0.770. The topological polar surface area (TPSA) is 30.5 Å². The minimum Gasteiger partial charge on any atom is -0.493 e. The summed E-state index contributed by atoms with van der Waals surface area (Å²) in [6, 6.07) is 5.13. The minimum atomic E-state index is -4.18. The highest BCUT2D eigenvalue weighted by atomic mass is 19.4. The van der Waals surface area contributed by atoms with Gasteiger partial charge in [0.15, 0.2) is 11.5 Å². The summed E-state index contributed by atoms with van der Waals surface area (Å²) < 4.78 is 49.1. The minimum absolute atomic E-state index is 0.159. The van der Waals surface area contributed by atoms with Crippen LogP contribution < -0.4 is 14.8 Å². The van der Waals surface area contributed by atoms with Gasteiger partial charge in [-0.2, -0.15) is 13.2 Å². The Hall–Kier alpha value is -1.43. The predicted molar refractivity (Wildman–Crippen MR) is 73.9 cm³/mol. The first-order valence-electron chi connectivity index (χ1n) is 6.86. The maximum absolute atomic E-state index is 12.9. The highest BCUT2D eigenvalue weighted by Crippen LogP contribution is 2.49. The smallest absolute Gasteiger partial charge is 0.406 e. The van der Waals surface area contributed by atoms with Gasteiger partial charge >= 0.3 is 6.18 Å². The number of benzene rings is 1. The molecule has 1 N–H and O–H groups in total. The molecule has 6 heteroatoms. The van der Waals surface area contributed by atoms with E-state index in [2.05, 4.69) is 5.32 Å². The molecule has 1 fully saturated rings. The lowest BCUT2D eigenvalue weighted by atomic mass is 10.0. The van der Waals surface area contributed by atoms with Gasteiger partial charge in [-0.3, -0.25) is 0 Å². The molecule has 1 aliphatic rings. The summed E-state index contributed by atoms with van der Waals surface area (Å²) in [4.78, 5) is 0. The summed E-state index contributed by atoms with van der Waals surface area (Å²) in [6.45, 7) is 1.77. The van der Waals surface area contributed by atoms with Crippen LogP contribution in [0.4, 0.5) is 13.2 Å². The maximum Gasteiger partial charge on any atom is 0.406 e. The van der Waals surface area contributed by atoms with Crippen molar-refractivity contribution in [2.75, 3.05) is 14.2 Å². The van der Waals surface area contributed by atoms with Crippen molar-refractivity contribution >= 4 is 0 Å². The molecule has 1 atom stereocenters. The molecule has 0 bridgehead atoms. The fourth-order valence-electron chi connectivity index (χ4n) is 2.52. The Kier molecular flexibility index (Phi) is 4.37. The highest BCUT2D eigenvalue weighted by molar-refractivity contribution is 5.43. The van der Waals surface area contributed by atoms with Crippen molar-refractivity contribution in [3.63, 3.8) is 0 Å². The number of ether oxygens (including phenoxy) is 2. The van der Waals surface area contributed by atoms with E-state index in [4.69, 9.17) is 9.47 Å². The molecular weight excluding hydrogens is 283 g/mol. The maximum atomic E-state index is 12.9. The second-order valence-corrected chi connectivity index (χ2v) is 5.52. The summed E-state index contributed by atoms with van der Waals surface area (Å²) in [5, 5.41) is 2.72. The molecule has 0 aliphatic heterocycles. The van der Waals surface area contributed by atoms with E-state index in [0.29, 0.717) is 17.9 Å². The van der Waals surface area contributed by atoms with Gasteiger partial charge in [-0.15, -0.1) is 0 Å². The molecule has 0 spiro atoms. The third-order valence-electron chi connectivity index (χ3n) is 3.81. The molecule has 0 amide bonds. The van der Waals surface area contributed by atoms with Crippen LogP contribution in [0.5, 0.6) is 11.5 Å². The number of hydrogen-bond acceptors (Lipinski definition) is 3. The number of alkyl halides is 3. The van der Waals surface area contributed by atoms with Gasteiger partial charge in [0.1, 0.15) is 5.54 Å². The monoisotopic (exact) mass is 303 g/mol. The fourth-order valence-corrected chi connectivity index (χ4v) is 2.52. The van der Waals surface area contributed by atoms with E-state index in [0.717, 1.165) is 5.56 Å². The molecular formula is C15H20F3NO2. The number of nitrogens with one attached hydrogen (secondary N) is 1. The zero-order chi connectivity index (χ0) is 15.7. The van der Waals surface area contributed by atoms with E-state index in [1.807, 2.05) is 6.07 Å². The second-order valence-electron chi connectivity index (χ2n) is 5.52. The van der Waals surface area contributed by atoms with Gasteiger partial charge in [0.25, 0.3) is 0 Å². The first-order chi connectivity index (χ1) is 9.81. The Labute approximate surface area is 122 Å². The molecule has 0 heterocycles. The van der Waals surface area contributed by atoms with E-state index in [9.17, 15) is 13.2 Å². The molecule has 0 radical (unpaired) electrons. The Bertz CT molecular complexity index is 498. The Balaban J connectivity index is 2.02. The van der Waals surface area contributed by atoms with E-state index >= 15 is 0 Å². The molecule has 1 aromatic carbocycles. The molecule has 1 aromatic rings. The van der Waals surface area contributed by atoms with Crippen LogP contribution in [0.25, 0.3) is 0 Å².